The van der Waals surface area contributed by atoms with Gasteiger partial charge in [-0.25, -0.2) is 0 Å². The third kappa shape index (κ3) is 1.71. The monoisotopic (exact) mass is 190 g/mol. The zero-order valence-electron chi connectivity index (χ0n) is 7.77. The number of pyridine rings is 1. The van der Waals surface area contributed by atoms with Crippen LogP contribution in [0.1, 0.15) is 6.92 Å². The second kappa shape index (κ2) is 3.87. The quantitative estimate of drug-likeness (QED) is 0.791. The molecular formula is C9H10N4O. The molecule has 0 aliphatic carbocycles. The van der Waals surface area contributed by atoms with Crippen LogP contribution in [0.15, 0.2) is 24.5 Å². The molecule has 0 radical (unpaired) electrons. The van der Waals surface area contributed by atoms with E-state index >= 15 is 0 Å². The first kappa shape index (κ1) is 8.68. The van der Waals surface area contributed by atoms with E-state index in [2.05, 4.69) is 20.4 Å². The smallest absolute Gasteiger partial charge is 0.137 e. The molecule has 1 N–H and O–H groups in total. The molecule has 0 aliphatic heterocycles. The van der Waals surface area contributed by atoms with Crippen LogP contribution < -0.4 is 4.74 Å². The van der Waals surface area contributed by atoms with Crippen molar-refractivity contribution in [2.45, 2.75) is 6.92 Å². The van der Waals surface area contributed by atoms with Crippen molar-refractivity contribution in [3.8, 4) is 17.1 Å². The summed E-state index contributed by atoms with van der Waals surface area (Å²) in [5.41, 5.74) is 1.51. The van der Waals surface area contributed by atoms with Crippen molar-refractivity contribution in [1.29, 1.82) is 0 Å². The van der Waals surface area contributed by atoms with Crippen molar-refractivity contribution >= 4 is 0 Å². The fraction of sp³-hybridized carbons (Fsp3) is 0.222. The first-order chi connectivity index (χ1) is 6.90. The van der Waals surface area contributed by atoms with E-state index in [9.17, 15) is 0 Å². The van der Waals surface area contributed by atoms with Crippen LogP contribution >= 0.6 is 0 Å². The minimum absolute atomic E-state index is 0.644. The Kier molecular flexibility index (Phi) is 2.40. The van der Waals surface area contributed by atoms with E-state index < -0.39 is 0 Å². The summed E-state index contributed by atoms with van der Waals surface area (Å²) in [6.07, 6.45) is 3.30. The van der Waals surface area contributed by atoms with Gasteiger partial charge in [-0.2, -0.15) is 15.4 Å². The molecular weight excluding hydrogens is 180 g/mol. The zero-order valence-corrected chi connectivity index (χ0v) is 7.77. The van der Waals surface area contributed by atoms with E-state index in [0.29, 0.717) is 6.61 Å². The summed E-state index contributed by atoms with van der Waals surface area (Å²) < 4.78 is 5.27. The number of rotatable bonds is 3. The summed E-state index contributed by atoms with van der Waals surface area (Å²) in [7, 11) is 0. The molecule has 2 aromatic rings. The highest BCUT2D eigenvalue weighted by Gasteiger charge is 2.01. The van der Waals surface area contributed by atoms with Gasteiger partial charge in [0.2, 0.25) is 0 Å². The van der Waals surface area contributed by atoms with Gasteiger partial charge in [-0.05, 0) is 19.1 Å². The average molecular weight is 190 g/mol. The lowest BCUT2D eigenvalue weighted by Gasteiger charge is -2.01. The van der Waals surface area contributed by atoms with Gasteiger partial charge in [-0.3, -0.25) is 4.98 Å². The third-order valence-electron chi connectivity index (χ3n) is 1.72. The topological polar surface area (TPSA) is 63.7 Å². The maximum atomic E-state index is 5.27. The summed E-state index contributed by atoms with van der Waals surface area (Å²) in [4.78, 5) is 4.19. The molecule has 2 aromatic heterocycles. The number of ether oxygens (including phenoxy) is 1. The van der Waals surface area contributed by atoms with Crippen LogP contribution in [-0.4, -0.2) is 27.0 Å². The Balaban J connectivity index is 2.22. The number of H-pyrrole nitrogens is 1. The molecule has 2 heterocycles. The predicted molar refractivity (Wildman–Crippen MR) is 50.8 cm³/mol. The Morgan fingerprint density at radius 3 is 2.79 bits per heavy atom. The Morgan fingerprint density at radius 2 is 2.21 bits per heavy atom. The predicted octanol–water partition coefficient (Wildman–Crippen LogP) is 1.27. The molecule has 0 atom stereocenters. The highest BCUT2D eigenvalue weighted by molar-refractivity contribution is 5.52. The fourth-order valence-electron chi connectivity index (χ4n) is 1.11. The summed E-state index contributed by atoms with van der Waals surface area (Å²) in [5.74, 6) is 0.764. The summed E-state index contributed by atoms with van der Waals surface area (Å²) in [6, 6.07) is 3.71. The summed E-state index contributed by atoms with van der Waals surface area (Å²) in [5, 5.41) is 10.2. The number of nitrogens with zero attached hydrogens (tertiary/aromatic N) is 3. The van der Waals surface area contributed by atoms with E-state index in [0.717, 1.165) is 17.1 Å². The Bertz CT molecular complexity index is 382. The van der Waals surface area contributed by atoms with Gasteiger partial charge in [-0.1, -0.05) is 0 Å². The highest BCUT2D eigenvalue weighted by atomic mass is 16.5. The number of hydrogen-bond acceptors (Lipinski definition) is 4. The van der Waals surface area contributed by atoms with Gasteiger partial charge in [0.1, 0.15) is 11.4 Å². The molecule has 0 saturated heterocycles. The molecule has 5 nitrogen and oxygen atoms in total. The molecule has 0 fully saturated rings. The van der Waals surface area contributed by atoms with Gasteiger partial charge in [0, 0.05) is 0 Å². The SMILES string of the molecule is CCOc1ccc(-c2cn[nH]n2)nc1. The number of nitrogens with one attached hydrogen (secondary N) is 1. The van der Waals surface area contributed by atoms with Gasteiger partial charge < -0.3 is 4.74 Å². The van der Waals surface area contributed by atoms with Crippen molar-refractivity contribution in [2.75, 3.05) is 6.61 Å². The van der Waals surface area contributed by atoms with E-state index in [1.165, 1.54) is 0 Å². The summed E-state index contributed by atoms with van der Waals surface area (Å²) >= 11 is 0. The maximum Gasteiger partial charge on any atom is 0.137 e. The molecule has 0 aliphatic rings. The molecule has 14 heavy (non-hydrogen) atoms. The Hall–Kier alpha value is -1.91. The normalized spacial score (nSPS) is 10.1. The number of hydrogen-bond donors (Lipinski definition) is 1. The third-order valence-corrected chi connectivity index (χ3v) is 1.72. The van der Waals surface area contributed by atoms with Gasteiger partial charge in [-0.15, -0.1) is 0 Å². The van der Waals surface area contributed by atoms with Crippen molar-refractivity contribution in [2.24, 2.45) is 0 Å². The van der Waals surface area contributed by atoms with Crippen LogP contribution in [0.3, 0.4) is 0 Å². The molecule has 2 rings (SSSR count). The zero-order chi connectivity index (χ0) is 9.80. The van der Waals surface area contributed by atoms with Crippen LogP contribution in [0.5, 0.6) is 5.75 Å². The van der Waals surface area contributed by atoms with Crippen molar-refractivity contribution in [3.63, 3.8) is 0 Å². The molecule has 5 heteroatoms. The Morgan fingerprint density at radius 1 is 1.29 bits per heavy atom. The lowest BCUT2D eigenvalue weighted by atomic mass is 10.3. The fourth-order valence-corrected chi connectivity index (χ4v) is 1.11. The first-order valence-corrected chi connectivity index (χ1v) is 4.35. The summed E-state index contributed by atoms with van der Waals surface area (Å²) in [6.45, 7) is 2.58. The average Bonchev–Trinajstić information content (AvgIpc) is 2.72. The van der Waals surface area contributed by atoms with Gasteiger partial charge in [0.25, 0.3) is 0 Å². The van der Waals surface area contributed by atoms with E-state index in [1.54, 1.807) is 12.4 Å². The van der Waals surface area contributed by atoms with E-state index in [4.69, 9.17) is 4.74 Å². The standard InChI is InChI=1S/C9H10N4O/c1-2-14-7-3-4-8(10-5-7)9-6-11-13-12-9/h3-6H,2H2,1H3,(H,11,12,13). The van der Waals surface area contributed by atoms with Crippen LogP contribution in [0.25, 0.3) is 11.4 Å². The molecule has 0 amide bonds. The van der Waals surface area contributed by atoms with E-state index in [1.807, 2.05) is 19.1 Å². The second-order valence-corrected chi connectivity index (χ2v) is 2.67. The first-order valence-electron chi connectivity index (χ1n) is 4.35. The van der Waals surface area contributed by atoms with Gasteiger partial charge in [0.05, 0.1) is 24.7 Å². The molecule has 0 saturated carbocycles. The molecule has 0 unspecified atom stereocenters. The maximum absolute atomic E-state index is 5.27. The van der Waals surface area contributed by atoms with Crippen molar-refractivity contribution in [3.05, 3.63) is 24.5 Å². The largest absolute Gasteiger partial charge is 0.492 e. The van der Waals surface area contributed by atoms with Crippen LogP contribution in [0, 0.1) is 0 Å². The number of aromatic nitrogens is 4. The van der Waals surface area contributed by atoms with Crippen LogP contribution in [0.4, 0.5) is 0 Å². The second-order valence-electron chi connectivity index (χ2n) is 2.67. The molecule has 0 spiro atoms. The van der Waals surface area contributed by atoms with Crippen LogP contribution in [-0.2, 0) is 0 Å². The van der Waals surface area contributed by atoms with E-state index in [-0.39, 0.29) is 0 Å². The lowest BCUT2D eigenvalue weighted by Crippen LogP contribution is -1.92. The van der Waals surface area contributed by atoms with Gasteiger partial charge in [0.15, 0.2) is 0 Å². The minimum atomic E-state index is 0.644. The molecule has 0 aromatic carbocycles. The van der Waals surface area contributed by atoms with Gasteiger partial charge >= 0.3 is 0 Å². The highest BCUT2D eigenvalue weighted by Crippen LogP contribution is 2.15. The van der Waals surface area contributed by atoms with Crippen molar-refractivity contribution < 1.29 is 4.74 Å². The molecule has 0 bridgehead atoms. The van der Waals surface area contributed by atoms with Crippen LogP contribution in [0.2, 0.25) is 0 Å². The molecule has 72 valence electrons. The minimum Gasteiger partial charge on any atom is -0.492 e. The number of aromatic amines is 1. The Labute approximate surface area is 81.1 Å². The lowest BCUT2D eigenvalue weighted by molar-refractivity contribution is 0.339. The van der Waals surface area contributed by atoms with Crippen molar-refractivity contribution in [1.82, 2.24) is 20.4 Å².